The molecule has 6 nitrogen and oxygen atoms in total. The van der Waals surface area contributed by atoms with Gasteiger partial charge in [0.2, 0.25) is 0 Å². The molecule has 1 atom stereocenters. The number of fused-ring (bicyclic) bond motifs is 1. The van der Waals surface area contributed by atoms with Crippen molar-refractivity contribution in [3.8, 4) is 0 Å². The van der Waals surface area contributed by atoms with Crippen molar-refractivity contribution in [2.45, 2.75) is 71.4 Å². The summed E-state index contributed by atoms with van der Waals surface area (Å²) >= 11 is -0.0635. The van der Waals surface area contributed by atoms with Gasteiger partial charge in [0.15, 0.2) is 0 Å². The average molecular weight is 394 g/mol. The topological polar surface area (TPSA) is 71.5 Å². The Labute approximate surface area is 165 Å². The van der Waals surface area contributed by atoms with E-state index >= 15 is 0 Å². The monoisotopic (exact) mass is 393 g/mol. The van der Waals surface area contributed by atoms with Gasteiger partial charge in [-0.15, -0.1) is 0 Å². The largest absolute Gasteiger partial charge is 0.444 e. The summed E-state index contributed by atoms with van der Waals surface area (Å²) in [6.07, 6.45) is 4.17. The van der Waals surface area contributed by atoms with Crippen LogP contribution >= 0.6 is 0 Å². The highest BCUT2D eigenvalue weighted by Gasteiger charge is 2.50. The molecular formula is C20H31N3O3S. The summed E-state index contributed by atoms with van der Waals surface area (Å²) in [6, 6.07) is 2.08. The summed E-state index contributed by atoms with van der Waals surface area (Å²) in [5.74, 6) is 0.381. The van der Waals surface area contributed by atoms with Crippen LogP contribution in [0.1, 0.15) is 76.2 Å². The van der Waals surface area contributed by atoms with E-state index in [1.165, 1.54) is 11.1 Å². The highest BCUT2D eigenvalue weighted by atomic mass is 32.2. The minimum Gasteiger partial charge on any atom is -0.444 e. The molecule has 0 unspecified atom stereocenters. The number of likely N-dealkylation sites (tertiary alicyclic amines) is 1. The fourth-order valence-corrected chi connectivity index (χ4v) is 4.94. The first-order valence-corrected chi connectivity index (χ1v) is 10.5. The predicted molar refractivity (Wildman–Crippen MR) is 107 cm³/mol. The molecule has 1 aromatic heterocycles. The maximum Gasteiger partial charge on any atom is 0.410 e. The number of aromatic nitrogens is 1. The third kappa shape index (κ3) is 4.04. The van der Waals surface area contributed by atoms with E-state index in [1.807, 2.05) is 27.0 Å². The maximum absolute atomic E-state index is 12.4. The van der Waals surface area contributed by atoms with E-state index in [4.69, 9.17) is 4.74 Å². The van der Waals surface area contributed by atoms with Crippen molar-refractivity contribution in [2.75, 3.05) is 13.1 Å². The van der Waals surface area contributed by atoms with Gasteiger partial charge >= 0.3 is 6.09 Å². The highest BCUT2D eigenvalue weighted by Crippen LogP contribution is 2.53. The lowest BCUT2D eigenvalue weighted by molar-refractivity contribution is 0.00721. The zero-order chi connectivity index (χ0) is 19.8. The number of nitrogens with zero attached hydrogens (tertiary/aromatic N) is 2. The quantitative estimate of drug-likeness (QED) is 0.773. The van der Waals surface area contributed by atoms with Crippen LogP contribution < -0.4 is 4.72 Å². The van der Waals surface area contributed by atoms with E-state index in [2.05, 4.69) is 29.6 Å². The number of carbonyl (C=O) groups excluding carboxylic acids is 1. The number of hydrogen-bond donors (Lipinski definition) is 2. The Morgan fingerprint density at radius 3 is 2.59 bits per heavy atom. The van der Waals surface area contributed by atoms with Gasteiger partial charge < -0.3 is 9.64 Å². The predicted octanol–water partition coefficient (Wildman–Crippen LogP) is 3.27. The number of rotatable bonds is 3. The number of carbonyl (C=O) groups is 1. The molecule has 1 fully saturated rings. The smallest absolute Gasteiger partial charge is 0.410 e. The summed E-state index contributed by atoms with van der Waals surface area (Å²) in [5.41, 5.74) is 3.04. The summed E-state index contributed by atoms with van der Waals surface area (Å²) in [4.78, 5) is 18.8. The number of piperidine rings is 1. The van der Waals surface area contributed by atoms with Gasteiger partial charge in [-0.05, 0) is 68.6 Å². The SMILES string of the molecule is CC(C)c1ccnc2c1[C@H](N[SH]=O)C1(CCN(C(=O)OC(C)(C)C)CC1)C2. The lowest BCUT2D eigenvalue weighted by Gasteiger charge is -2.43. The Kier molecular flexibility index (Phi) is 5.64. The van der Waals surface area contributed by atoms with Crippen molar-refractivity contribution in [1.82, 2.24) is 14.6 Å². The molecule has 1 aromatic rings. The molecule has 1 N–H and O–H groups in total. The van der Waals surface area contributed by atoms with Gasteiger partial charge in [-0.1, -0.05) is 13.8 Å². The van der Waals surface area contributed by atoms with E-state index in [0.29, 0.717) is 19.0 Å². The number of amides is 1. The molecule has 0 radical (unpaired) electrons. The molecule has 1 amide bonds. The Balaban J connectivity index is 1.82. The first kappa shape index (κ1) is 20.3. The van der Waals surface area contributed by atoms with Gasteiger partial charge in [0.25, 0.3) is 0 Å². The fourth-order valence-electron chi connectivity index (χ4n) is 4.43. The number of ether oxygens (including phenoxy) is 1. The van der Waals surface area contributed by atoms with Crippen LogP contribution in [0, 0.1) is 5.41 Å². The van der Waals surface area contributed by atoms with Crippen molar-refractivity contribution in [3.05, 3.63) is 29.1 Å². The third-order valence-corrected chi connectivity index (χ3v) is 6.11. The number of thiol groups is 1. The second-order valence-electron chi connectivity index (χ2n) is 9.08. The highest BCUT2D eigenvalue weighted by molar-refractivity contribution is 7.63. The molecule has 1 aliphatic carbocycles. The molecule has 0 aromatic carbocycles. The molecular weight excluding hydrogens is 362 g/mol. The van der Waals surface area contributed by atoms with E-state index in [9.17, 15) is 9.00 Å². The van der Waals surface area contributed by atoms with Crippen molar-refractivity contribution in [2.24, 2.45) is 5.41 Å². The van der Waals surface area contributed by atoms with Crippen molar-refractivity contribution in [1.29, 1.82) is 0 Å². The Morgan fingerprint density at radius 2 is 2.04 bits per heavy atom. The molecule has 1 saturated heterocycles. The van der Waals surface area contributed by atoms with Crippen molar-refractivity contribution < 1.29 is 13.7 Å². The lowest BCUT2D eigenvalue weighted by atomic mass is 9.72. The second-order valence-corrected chi connectivity index (χ2v) is 9.52. The van der Waals surface area contributed by atoms with Crippen molar-refractivity contribution >= 4 is 17.9 Å². The Hall–Kier alpha value is -1.47. The molecule has 3 rings (SSSR count). The van der Waals surface area contributed by atoms with Crippen LogP contribution in [-0.4, -0.2) is 38.9 Å². The summed E-state index contributed by atoms with van der Waals surface area (Å²) in [6.45, 7) is 11.3. The van der Waals surface area contributed by atoms with Gasteiger partial charge in [0, 0.05) is 25.0 Å². The zero-order valence-electron chi connectivity index (χ0n) is 16.9. The Morgan fingerprint density at radius 1 is 1.37 bits per heavy atom. The maximum atomic E-state index is 12.4. The minimum atomic E-state index is -0.489. The first-order valence-electron chi connectivity index (χ1n) is 9.70. The lowest BCUT2D eigenvalue weighted by Crippen LogP contribution is -2.48. The number of nitrogens with one attached hydrogen (secondary N) is 1. The van der Waals surface area contributed by atoms with Crippen LogP contribution in [0.2, 0.25) is 0 Å². The van der Waals surface area contributed by atoms with Crippen LogP contribution in [-0.2, 0) is 23.0 Å². The minimum absolute atomic E-state index is 0.00134. The molecule has 0 bridgehead atoms. The van der Waals surface area contributed by atoms with Gasteiger partial charge in [0.05, 0.1) is 17.9 Å². The van der Waals surface area contributed by atoms with E-state index in [1.54, 1.807) is 4.90 Å². The molecule has 150 valence electrons. The molecule has 2 aliphatic rings. The van der Waals surface area contributed by atoms with E-state index in [-0.39, 0.29) is 29.4 Å². The van der Waals surface area contributed by atoms with Gasteiger partial charge in [0.1, 0.15) is 5.60 Å². The van der Waals surface area contributed by atoms with Crippen LogP contribution in [0.25, 0.3) is 0 Å². The summed E-state index contributed by atoms with van der Waals surface area (Å²) in [7, 11) is 0. The second kappa shape index (κ2) is 7.51. The number of pyridine rings is 1. The van der Waals surface area contributed by atoms with E-state index in [0.717, 1.165) is 25.0 Å². The normalized spacial score (nSPS) is 21.6. The standard InChI is InChI=1S/C20H31N3O3S/c1-13(2)14-6-9-21-15-12-20(17(16(14)15)22-27-25)7-10-23(11-8-20)18(24)26-19(3,4)5/h6,9,13,17,27H,7-8,10-12H2,1-5H3,(H,22,25)/t17-/m0/s1. The zero-order valence-corrected chi connectivity index (χ0v) is 17.8. The van der Waals surface area contributed by atoms with Crippen LogP contribution in [0.4, 0.5) is 4.79 Å². The van der Waals surface area contributed by atoms with Gasteiger partial charge in [-0.2, -0.15) is 0 Å². The third-order valence-electron chi connectivity index (χ3n) is 5.74. The molecule has 1 spiro atoms. The molecule has 7 heteroatoms. The average Bonchev–Trinajstić information content (AvgIpc) is 2.87. The van der Waals surface area contributed by atoms with E-state index < -0.39 is 5.60 Å². The summed E-state index contributed by atoms with van der Waals surface area (Å²) in [5, 5.41) is 0. The Bertz CT molecular complexity index is 722. The van der Waals surface area contributed by atoms with Crippen LogP contribution in [0.15, 0.2) is 12.3 Å². The molecule has 27 heavy (non-hydrogen) atoms. The summed E-state index contributed by atoms with van der Waals surface area (Å²) < 4.78 is 20.2. The van der Waals surface area contributed by atoms with Gasteiger partial charge in [-0.25, -0.2) is 13.7 Å². The molecule has 1 aliphatic heterocycles. The molecule has 2 heterocycles. The van der Waals surface area contributed by atoms with Crippen molar-refractivity contribution in [3.63, 3.8) is 0 Å². The fraction of sp³-hybridized carbons (Fsp3) is 0.700. The first-order chi connectivity index (χ1) is 12.7. The molecule has 0 saturated carbocycles. The van der Waals surface area contributed by atoms with Gasteiger partial charge in [-0.3, -0.25) is 4.98 Å². The number of hydrogen-bond acceptors (Lipinski definition) is 4. The van der Waals surface area contributed by atoms with Crippen LogP contribution in [0.5, 0.6) is 0 Å². The van der Waals surface area contributed by atoms with Crippen LogP contribution in [0.3, 0.4) is 0 Å².